The van der Waals surface area contributed by atoms with Gasteiger partial charge < -0.3 is 9.16 Å². The zero-order valence-electron chi connectivity index (χ0n) is 18.5. The molecule has 1 heterocycles. The molecule has 0 saturated carbocycles. The fraction of sp³-hybridized carbons (Fsp3) is 0.565. The van der Waals surface area contributed by atoms with Gasteiger partial charge in [0.15, 0.2) is 8.32 Å². The Hall–Kier alpha value is -1.92. The Morgan fingerprint density at radius 3 is 2.55 bits per heavy atom. The van der Waals surface area contributed by atoms with Crippen molar-refractivity contribution in [3.63, 3.8) is 0 Å². The van der Waals surface area contributed by atoms with E-state index in [1.165, 1.54) is 0 Å². The molecule has 1 fully saturated rings. The van der Waals surface area contributed by atoms with E-state index in [4.69, 9.17) is 9.16 Å². The van der Waals surface area contributed by atoms with Crippen molar-refractivity contribution in [2.24, 2.45) is 0 Å². The fourth-order valence-electron chi connectivity index (χ4n) is 3.92. The molecule has 1 unspecified atom stereocenters. The lowest BCUT2D eigenvalue weighted by molar-refractivity contribution is -0.117. The number of benzene rings is 1. The molecular formula is C23H33NO4Si. The van der Waals surface area contributed by atoms with Crippen molar-refractivity contribution in [1.29, 1.82) is 0 Å². The molecule has 0 bridgehead atoms. The van der Waals surface area contributed by atoms with Crippen molar-refractivity contribution in [3.05, 3.63) is 41.1 Å². The maximum absolute atomic E-state index is 12.4. The second-order valence-corrected chi connectivity index (χ2v) is 14.3. The van der Waals surface area contributed by atoms with Crippen LogP contribution in [0, 0.1) is 0 Å². The number of hydrogen-bond acceptors (Lipinski definition) is 4. The Morgan fingerprint density at radius 1 is 1.28 bits per heavy atom. The summed E-state index contributed by atoms with van der Waals surface area (Å²) in [6.45, 7) is 14.3. The van der Waals surface area contributed by atoms with E-state index in [2.05, 4.69) is 46.0 Å². The number of ketones is 1. The molecule has 1 saturated heterocycles. The number of Topliss-reactive ketones (excluding diaryl/α,β-unsaturated/α-hetero) is 1. The largest absolute Gasteiger partial charge is 0.447 e. The number of amides is 1. The standard InChI is InChI=1S/C23H33NO4Si/c1-16(25)15-20-18-10-8-7-9-17(18)19(21(20)24-12-14-27-22(24)26)11-13-28-29(5,6)23(2,3)4/h7-10,20H,11-15H2,1-6H3. The van der Waals surface area contributed by atoms with Crippen molar-refractivity contribution < 1.29 is 18.8 Å². The van der Waals surface area contributed by atoms with E-state index in [0.717, 1.165) is 28.8 Å². The highest BCUT2D eigenvalue weighted by atomic mass is 28.4. The van der Waals surface area contributed by atoms with Crippen LogP contribution in [-0.4, -0.2) is 44.9 Å². The Bertz CT molecular complexity index is 838. The Kier molecular flexibility index (Phi) is 6.06. The van der Waals surface area contributed by atoms with Crippen molar-refractivity contribution >= 4 is 25.8 Å². The summed E-state index contributed by atoms with van der Waals surface area (Å²) in [5, 5.41) is 0.147. The van der Waals surface area contributed by atoms with Crippen LogP contribution in [-0.2, 0) is 14.0 Å². The molecule has 1 aliphatic heterocycles. The van der Waals surface area contributed by atoms with E-state index >= 15 is 0 Å². The van der Waals surface area contributed by atoms with E-state index in [9.17, 15) is 9.59 Å². The Morgan fingerprint density at radius 2 is 1.97 bits per heavy atom. The molecule has 1 aromatic carbocycles. The molecule has 1 atom stereocenters. The number of fused-ring (bicyclic) bond motifs is 1. The molecule has 2 aliphatic rings. The molecule has 0 aromatic heterocycles. The number of rotatable bonds is 7. The summed E-state index contributed by atoms with van der Waals surface area (Å²) in [6.07, 6.45) is 0.795. The molecule has 0 spiro atoms. The average Bonchev–Trinajstić information content (AvgIpc) is 3.15. The van der Waals surface area contributed by atoms with Crippen LogP contribution >= 0.6 is 0 Å². The zero-order valence-corrected chi connectivity index (χ0v) is 19.5. The number of carbonyl (C=O) groups is 2. The highest BCUT2D eigenvalue weighted by Crippen LogP contribution is 2.47. The molecule has 29 heavy (non-hydrogen) atoms. The predicted molar refractivity (Wildman–Crippen MR) is 117 cm³/mol. The van der Waals surface area contributed by atoms with E-state index in [0.29, 0.717) is 26.2 Å². The topological polar surface area (TPSA) is 55.8 Å². The van der Waals surface area contributed by atoms with Gasteiger partial charge in [-0.3, -0.25) is 9.69 Å². The van der Waals surface area contributed by atoms with E-state index < -0.39 is 8.32 Å². The minimum Gasteiger partial charge on any atom is -0.447 e. The predicted octanol–water partition coefficient (Wildman–Crippen LogP) is 5.34. The molecule has 3 rings (SSSR count). The molecule has 1 amide bonds. The average molecular weight is 416 g/mol. The summed E-state index contributed by atoms with van der Waals surface area (Å²) in [5.41, 5.74) is 4.30. The number of hydrogen-bond donors (Lipinski definition) is 0. The van der Waals surface area contributed by atoms with Crippen molar-refractivity contribution in [2.45, 2.75) is 64.6 Å². The van der Waals surface area contributed by atoms with Gasteiger partial charge in [-0.05, 0) is 48.2 Å². The third-order valence-electron chi connectivity index (χ3n) is 6.46. The molecule has 0 radical (unpaired) electrons. The van der Waals surface area contributed by atoms with Gasteiger partial charge in [-0.1, -0.05) is 45.0 Å². The second kappa shape index (κ2) is 8.07. The van der Waals surface area contributed by atoms with Crippen LogP contribution in [0.2, 0.25) is 18.1 Å². The van der Waals surface area contributed by atoms with Crippen molar-refractivity contribution in [3.8, 4) is 0 Å². The van der Waals surface area contributed by atoms with Crippen LogP contribution in [0.5, 0.6) is 0 Å². The summed E-state index contributed by atoms with van der Waals surface area (Å²) in [4.78, 5) is 26.2. The van der Waals surface area contributed by atoms with Gasteiger partial charge in [0.05, 0.1) is 6.54 Å². The Balaban J connectivity index is 1.96. The molecule has 0 N–H and O–H groups in total. The first kappa shape index (κ1) is 21.8. The first-order chi connectivity index (χ1) is 13.5. The van der Waals surface area contributed by atoms with Gasteiger partial charge in [0.25, 0.3) is 0 Å². The number of ether oxygens (including phenoxy) is 1. The summed E-state index contributed by atoms with van der Waals surface area (Å²) >= 11 is 0. The highest BCUT2D eigenvalue weighted by molar-refractivity contribution is 6.74. The zero-order chi connectivity index (χ0) is 21.4. The van der Waals surface area contributed by atoms with Gasteiger partial charge >= 0.3 is 6.09 Å². The van der Waals surface area contributed by atoms with Crippen LogP contribution < -0.4 is 0 Å². The third-order valence-corrected chi connectivity index (χ3v) is 11.0. The first-order valence-electron chi connectivity index (χ1n) is 10.4. The quantitative estimate of drug-likeness (QED) is 0.564. The van der Waals surface area contributed by atoms with Crippen LogP contribution in [0.25, 0.3) is 5.57 Å². The number of carbonyl (C=O) groups excluding carboxylic acids is 2. The van der Waals surface area contributed by atoms with E-state index in [-0.39, 0.29) is 22.8 Å². The molecule has 158 valence electrons. The van der Waals surface area contributed by atoms with Gasteiger partial charge in [0.1, 0.15) is 12.4 Å². The molecule has 6 heteroatoms. The number of allylic oxidation sites excluding steroid dienone is 1. The van der Waals surface area contributed by atoms with Gasteiger partial charge in [-0.15, -0.1) is 0 Å². The van der Waals surface area contributed by atoms with Crippen LogP contribution in [0.1, 0.15) is 57.6 Å². The lowest BCUT2D eigenvalue weighted by atomic mass is 9.93. The van der Waals surface area contributed by atoms with E-state index in [1.54, 1.807) is 11.8 Å². The van der Waals surface area contributed by atoms with Crippen molar-refractivity contribution in [1.82, 2.24) is 4.90 Å². The van der Waals surface area contributed by atoms with Gasteiger partial charge in [-0.25, -0.2) is 4.79 Å². The summed E-state index contributed by atoms with van der Waals surface area (Å²) in [6, 6.07) is 8.19. The fourth-order valence-corrected chi connectivity index (χ4v) is 4.96. The maximum Gasteiger partial charge on any atom is 0.414 e. The first-order valence-corrected chi connectivity index (χ1v) is 13.3. The van der Waals surface area contributed by atoms with E-state index in [1.807, 2.05) is 12.1 Å². The van der Waals surface area contributed by atoms with Gasteiger partial charge in [0, 0.05) is 24.6 Å². The van der Waals surface area contributed by atoms with Gasteiger partial charge in [0.2, 0.25) is 0 Å². The highest BCUT2D eigenvalue weighted by Gasteiger charge is 2.40. The van der Waals surface area contributed by atoms with Gasteiger partial charge in [-0.2, -0.15) is 0 Å². The SMILES string of the molecule is CC(=O)CC1C(N2CCOC2=O)=C(CCO[Si](C)(C)C(C)(C)C)c2ccccc21. The lowest BCUT2D eigenvalue weighted by Crippen LogP contribution is -2.41. The molecule has 1 aliphatic carbocycles. The molecule has 1 aromatic rings. The smallest absolute Gasteiger partial charge is 0.414 e. The minimum absolute atomic E-state index is 0.0998. The summed E-state index contributed by atoms with van der Waals surface area (Å²) < 4.78 is 11.7. The van der Waals surface area contributed by atoms with Crippen LogP contribution in [0.4, 0.5) is 4.79 Å². The normalized spacial score (nSPS) is 19.6. The monoisotopic (exact) mass is 415 g/mol. The molecule has 5 nitrogen and oxygen atoms in total. The lowest BCUT2D eigenvalue weighted by Gasteiger charge is -2.36. The minimum atomic E-state index is -1.86. The third kappa shape index (κ3) is 4.33. The van der Waals surface area contributed by atoms with Crippen LogP contribution in [0.3, 0.4) is 0 Å². The van der Waals surface area contributed by atoms with Crippen molar-refractivity contribution in [2.75, 3.05) is 19.8 Å². The summed E-state index contributed by atoms with van der Waals surface area (Å²) in [5.74, 6) is 0.0193. The second-order valence-electron chi connectivity index (χ2n) is 9.53. The Labute approximate surface area is 175 Å². The number of nitrogens with zero attached hydrogens (tertiary/aromatic N) is 1. The maximum atomic E-state index is 12.4. The van der Waals surface area contributed by atoms with Crippen LogP contribution in [0.15, 0.2) is 30.0 Å². The molecular weight excluding hydrogens is 382 g/mol. The number of cyclic esters (lactones) is 1. The summed E-state index contributed by atoms with van der Waals surface area (Å²) in [7, 11) is -1.86.